The standard InChI is InChI=1S/C21H20ClN3O2/c1-15-12-25(19-9-5-3-7-17(19)22)21(27)14-24(15)20(26)13-23-11-10-16-6-2-4-8-18(16)23/h2-11,15H,12-14H2,1H3/t15-/m1/s1. The molecule has 2 heterocycles. The van der Waals surface area contributed by atoms with Crippen LogP contribution in [0, 0.1) is 0 Å². The molecule has 1 saturated heterocycles. The Balaban J connectivity index is 1.51. The number of aromatic nitrogens is 1. The summed E-state index contributed by atoms with van der Waals surface area (Å²) in [5.74, 6) is -0.178. The first-order valence-electron chi connectivity index (χ1n) is 8.93. The van der Waals surface area contributed by atoms with Crippen molar-refractivity contribution in [1.29, 1.82) is 0 Å². The summed E-state index contributed by atoms with van der Waals surface area (Å²) in [5, 5.41) is 1.63. The Morgan fingerprint density at radius 2 is 1.85 bits per heavy atom. The molecule has 6 heteroatoms. The van der Waals surface area contributed by atoms with Gasteiger partial charge in [0.15, 0.2) is 0 Å². The fraction of sp³-hybridized carbons (Fsp3) is 0.238. The minimum atomic E-state index is -0.119. The van der Waals surface area contributed by atoms with E-state index in [2.05, 4.69) is 0 Å². The monoisotopic (exact) mass is 381 g/mol. The Bertz CT molecular complexity index is 1010. The van der Waals surface area contributed by atoms with Crippen LogP contribution in [0.2, 0.25) is 5.02 Å². The highest BCUT2D eigenvalue weighted by Crippen LogP contribution is 2.28. The zero-order chi connectivity index (χ0) is 19.0. The van der Waals surface area contributed by atoms with Crippen LogP contribution in [0.4, 0.5) is 5.69 Å². The van der Waals surface area contributed by atoms with E-state index in [1.165, 1.54) is 0 Å². The van der Waals surface area contributed by atoms with Crippen molar-refractivity contribution in [2.24, 2.45) is 0 Å². The fourth-order valence-electron chi connectivity index (χ4n) is 3.60. The molecular formula is C21H20ClN3O2. The first-order valence-corrected chi connectivity index (χ1v) is 9.30. The summed E-state index contributed by atoms with van der Waals surface area (Å²) in [4.78, 5) is 28.9. The van der Waals surface area contributed by atoms with Crippen LogP contribution >= 0.6 is 11.6 Å². The zero-order valence-corrected chi connectivity index (χ0v) is 15.8. The van der Waals surface area contributed by atoms with Gasteiger partial charge in [-0.15, -0.1) is 0 Å². The van der Waals surface area contributed by atoms with Crippen LogP contribution in [0.1, 0.15) is 6.92 Å². The van der Waals surface area contributed by atoms with Crippen molar-refractivity contribution < 1.29 is 9.59 Å². The van der Waals surface area contributed by atoms with E-state index in [4.69, 9.17) is 11.6 Å². The first-order chi connectivity index (χ1) is 13.0. The second kappa shape index (κ2) is 7.08. The van der Waals surface area contributed by atoms with Gasteiger partial charge in [-0.2, -0.15) is 0 Å². The van der Waals surface area contributed by atoms with Gasteiger partial charge < -0.3 is 14.4 Å². The third-order valence-electron chi connectivity index (χ3n) is 5.03. The van der Waals surface area contributed by atoms with Crippen molar-refractivity contribution in [1.82, 2.24) is 9.47 Å². The molecule has 0 spiro atoms. The molecule has 0 N–H and O–H groups in total. The van der Waals surface area contributed by atoms with Gasteiger partial charge in [0.25, 0.3) is 0 Å². The maximum atomic E-state index is 12.9. The molecule has 4 rings (SSSR count). The van der Waals surface area contributed by atoms with Crippen LogP contribution in [0.5, 0.6) is 0 Å². The molecule has 1 fully saturated rings. The van der Waals surface area contributed by atoms with E-state index in [-0.39, 0.29) is 30.9 Å². The molecular weight excluding hydrogens is 362 g/mol. The van der Waals surface area contributed by atoms with Gasteiger partial charge in [0.05, 0.1) is 10.7 Å². The highest BCUT2D eigenvalue weighted by atomic mass is 35.5. The van der Waals surface area contributed by atoms with Crippen molar-refractivity contribution in [2.75, 3.05) is 18.0 Å². The van der Waals surface area contributed by atoms with Gasteiger partial charge in [-0.05, 0) is 36.6 Å². The quantitative estimate of drug-likeness (QED) is 0.696. The summed E-state index contributed by atoms with van der Waals surface area (Å²) in [6, 6.07) is 17.1. The number of piperazine rings is 1. The third kappa shape index (κ3) is 3.30. The van der Waals surface area contributed by atoms with Crippen molar-refractivity contribution in [3.8, 4) is 0 Å². The number of rotatable bonds is 3. The largest absolute Gasteiger partial charge is 0.338 e. The summed E-state index contributed by atoms with van der Waals surface area (Å²) in [6.07, 6.45) is 1.91. The smallest absolute Gasteiger partial charge is 0.246 e. The van der Waals surface area contributed by atoms with Crippen LogP contribution in [0.3, 0.4) is 0 Å². The fourth-order valence-corrected chi connectivity index (χ4v) is 3.84. The van der Waals surface area contributed by atoms with Crippen LogP contribution in [-0.4, -0.2) is 40.4 Å². The van der Waals surface area contributed by atoms with Crippen LogP contribution in [0.15, 0.2) is 60.8 Å². The molecule has 0 aliphatic carbocycles. The summed E-state index contributed by atoms with van der Waals surface area (Å²) in [5.41, 5.74) is 1.71. The molecule has 27 heavy (non-hydrogen) atoms. The number of para-hydroxylation sites is 2. The minimum Gasteiger partial charge on any atom is -0.338 e. The van der Waals surface area contributed by atoms with E-state index in [0.717, 1.165) is 10.9 Å². The number of fused-ring (bicyclic) bond motifs is 1. The van der Waals surface area contributed by atoms with Gasteiger partial charge in [0.2, 0.25) is 11.8 Å². The van der Waals surface area contributed by atoms with Crippen molar-refractivity contribution in [3.05, 3.63) is 65.8 Å². The summed E-state index contributed by atoms with van der Waals surface area (Å²) in [6.45, 7) is 2.67. The van der Waals surface area contributed by atoms with Gasteiger partial charge >= 0.3 is 0 Å². The van der Waals surface area contributed by atoms with Crippen molar-refractivity contribution >= 4 is 40.0 Å². The predicted molar refractivity (Wildman–Crippen MR) is 107 cm³/mol. The number of anilines is 1. The number of hydrogen-bond donors (Lipinski definition) is 0. The topological polar surface area (TPSA) is 45.6 Å². The summed E-state index contributed by atoms with van der Waals surface area (Å²) >= 11 is 6.24. The molecule has 2 amide bonds. The van der Waals surface area contributed by atoms with E-state index >= 15 is 0 Å². The Hall–Kier alpha value is -2.79. The van der Waals surface area contributed by atoms with E-state index in [0.29, 0.717) is 17.3 Å². The van der Waals surface area contributed by atoms with Crippen LogP contribution in [-0.2, 0) is 16.1 Å². The van der Waals surface area contributed by atoms with Gasteiger partial charge in [-0.1, -0.05) is 41.9 Å². The Morgan fingerprint density at radius 1 is 1.11 bits per heavy atom. The summed E-state index contributed by atoms with van der Waals surface area (Å²) < 4.78 is 1.93. The van der Waals surface area contributed by atoms with E-state index in [1.807, 2.05) is 66.2 Å². The van der Waals surface area contributed by atoms with E-state index in [9.17, 15) is 9.59 Å². The van der Waals surface area contributed by atoms with Gasteiger partial charge in [-0.25, -0.2) is 0 Å². The van der Waals surface area contributed by atoms with E-state index in [1.54, 1.807) is 15.9 Å². The number of benzene rings is 2. The molecule has 1 aromatic heterocycles. The minimum absolute atomic E-state index is 0.0592. The molecule has 0 saturated carbocycles. The predicted octanol–water partition coefficient (Wildman–Crippen LogP) is 3.56. The number of carbonyl (C=O) groups excluding carboxylic acids is 2. The lowest BCUT2D eigenvalue weighted by Gasteiger charge is -2.39. The zero-order valence-electron chi connectivity index (χ0n) is 15.0. The maximum Gasteiger partial charge on any atom is 0.246 e. The molecule has 1 atom stereocenters. The second-order valence-corrected chi connectivity index (χ2v) is 7.24. The number of halogens is 1. The molecule has 0 radical (unpaired) electrons. The van der Waals surface area contributed by atoms with Crippen LogP contribution < -0.4 is 4.90 Å². The highest BCUT2D eigenvalue weighted by Gasteiger charge is 2.33. The number of hydrogen-bond acceptors (Lipinski definition) is 2. The normalized spacial score (nSPS) is 17.6. The second-order valence-electron chi connectivity index (χ2n) is 6.83. The van der Waals surface area contributed by atoms with Gasteiger partial charge in [0.1, 0.15) is 13.1 Å². The maximum absolute atomic E-state index is 12.9. The average Bonchev–Trinajstić information content (AvgIpc) is 3.07. The summed E-state index contributed by atoms with van der Waals surface area (Å²) in [7, 11) is 0. The Morgan fingerprint density at radius 3 is 2.67 bits per heavy atom. The molecule has 0 unspecified atom stereocenters. The first kappa shape index (κ1) is 17.6. The Labute approximate surface area is 162 Å². The number of nitrogens with zero attached hydrogens (tertiary/aromatic N) is 3. The average molecular weight is 382 g/mol. The lowest BCUT2D eigenvalue weighted by molar-refractivity contribution is -0.139. The lowest BCUT2D eigenvalue weighted by Crippen LogP contribution is -2.57. The highest BCUT2D eigenvalue weighted by molar-refractivity contribution is 6.33. The third-order valence-corrected chi connectivity index (χ3v) is 5.35. The Kier molecular flexibility index (Phi) is 4.62. The molecule has 138 valence electrons. The SMILES string of the molecule is C[C@@H]1CN(c2ccccc2Cl)C(=O)CN1C(=O)Cn1ccc2ccccc21. The number of carbonyl (C=O) groups is 2. The van der Waals surface area contributed by atoms with Gasteiger partial charge in [0, 0.05) is 24.3 Å². The van der Waals surface area contributed by atoms with Crippen molar-refractivity contribution in [2.45, 2.75) is 19.5 Å². The lowest BCUT2D eigenvalue weighted by atomic mass is 10.1. The molecule has 0 bridgehead atoms. The molecule has 1 aliphatic rings. The molecule has 3 aromatic rings. The van der Waals surface area contributed by atoms with Gasteiger partial charge in [-0.3, -0.25) is 9.59 Å². The number of amides is 2. The molecule has 5 nitrogen and oxygen atoms in total. The molecule has 2 aromatic carbocycles. The van der Waals surface area contributed by atoms with Crippen molar-refractivity contribution in [3.63, 3.8) is 0 Å². The van der Waals surface area contributed by atoms with Crippen LogP contribution in [0.25, 0.3) is 10.9 Å². The van der Waals surface area contributed by atoms with E-state index < -0.39 is 0 Å². The molecule has 1 aliphatic heterocycles.